The van der Waals surface area contributed by atoms with E-state index in [4.69, 9.17) is 28.4 Å². The van der Waals surface area contributed by atoms with Crippen LogP contribution in [0.3, 0.4) is 0 Å². The topological polar surface area (TPSA) is 164 Å². The number of benzene rings is 2. The van der Waals surface area contributed by atoms with Crippen molar-refractivity contribution in [1.82, 2.24) is 0 Å². The third-order valence-corrected chi connectivity index (χ3v) is 13.4. The van der Waals surface area contributed by atoms with E-state index in [0.717, 1.165) is 0 Å². The minimum absolute atomic E-state index is 0.0451. The summed E-state index contributed by atoms with van der Waals surface area (Å²) in [5, 5.41) is 20.8. The first-order valence-corrected chi connectivity index (χ1v) is 17.3. The number of aromatic hydroxyl groups is 2. The molecule has 4 aliphatic heterocycles. The van der Waals surface area contributed by atoms with Gasteiger partial charge in [-0.25, -0.2) is 0 Å². The molecule has 2 aliphatic carbocycles. The maximum Gasteiger partial charge on any atom is 0.318 e. The van der Waals surface area contributed by atoms with Crippen LogP contribution in [0.5, 0.6) is 11.5 Å². The summed E-state index contributed by atoms with van der Waals surface area (Å²) in [6, 6.07) is 12.3. The smallest absolute Gasteiger partial charge is 0.318 e. The van der Waals surface area contributed by atoms with Gasteiger partial charge in [0.2, 0.25) is 0 Å². The number of hydrogen-bond donors (Lipinski definition) is 2. The van der Waals surface area contributed by atoms with E-state index in [2.05, 4.69) is 0 Å². The van der Waals surface area contributed by atoms with Crippen LogP contribution in [0.1, 0.15) is 78.4 Å². The fourth-order valence-corrected chi connectivity index (χ4v) is 12.6. The SMILES string of the molecule is CCOC(=O)C12C(c3ccc(O)cc3)C3(C(=O)OCC)C4(C)OC1(C)C1(C(=O)OCC)C(c5ccc(O)cc5)C4(C(=O)OCC)C3(C)OC21C. The zero-order valence-electron chi connectivity index (χ0n) is 29.6. The Labute approximate surface area is 290 Å². The summed E-state index contributed by atoms with van der Waals surface area (Å²) in [6.07, 6.45) is 0. The highest BCUT2D eigenvalue weighted by molar-refractivity contribution is 6.05. The summed E-state index contributed by atoms with van der Waals surface area (Å²) in [6.45, 7) is 13.0. The van der Waals surface area contributed by atoms with E-state index in [1.807, 2.05) is 0 Å². The van der Waals surface area contributed by atoms with Gasteiger partial charge in [-0.3, -0.25) is 19.2 Å². The lowest BCUT2D eigenvalue weighted by Crippen LogP contribution is -3.14. The van der Waals surface area contributed by atoms with Crippen LogP contribution in [0.15, 0.2) is 48.5 Å². The zero-order chi connectivity index (χ0) is 36.5. The second kappa shape index (κ2) is 10.2. The van der Waals surface area contributed by atoms with Gasteiger partial charge in [0, 0.05) is 11.8 Å². The Morgan fingerprint density at radius 3 is 0.920 bits per heavy atom. The minimum Gasteiger partial charge on any atom is -0.508 e. The van der Waals surface area contributed by atoms with Crippen LogP contribution >= 0.6 is 0 Å². The van der Waals surface area contributed by atoms with Gasteiger partial charge in [-0.15, -0.1) is 0 Å². The fraction of sp³-hybridized carbons (Fsp3) is 0.579. The van der Waals surface area contributed by atoms with Gasteiger partial charge in [0.15, 0.2) is 0 Å². The second-order valence-corrected chi connectivity index (χ2v) is 14.5. The van der Waals surface area contributed by atoms with E-state index >= 15 is 19.2 Å². The molecule has 0 radical (unpaired) electrons. The Hall–Kier alpha value is -4.16. The van der Waals surface area contributed by atoms with Crippen molar-refractivity contribution in [1.29, 1.82) is 0 Å². The number of carbonyl (C=O) groups is 4. The largest absolute Gasteiger partial charge is 0.508 e. The average molecular weight is 693 g/mol. The van der Waals surface area contributed by atoms with Crippen LogP contribution in [0.4, 0.5) is 0 Å². The molecule has 0 atom stereocenters. The Balaban J connectivity index is 1.74. The molecule has 2 aromatic rings. The molecule has 6 aliphatic rings. The van der Waals surface area contributed by atoms with Crippen LogP contribution in [-0.4, -0.2) is 82.9 Å². The molecule has 8 rings (SSSR count). The number of carbonyl (C=O) groups excluding carboxylic acids is 4. The molecule has 2 saturated carbocycles. The maximum absolute atomic E-state index is 15.1. The summed E-state index contributed by atoms with van der Waals surface area (Å²) in [5.74, 6) is -5.52. The molecule has 4 heterocycles. The van der Waals surface area contributed by atoms with Crippen LogP contribution in [0, 0.1) is 21.7 Å². The minimum atomic E-state index is -1.93. The monoisotopic (exact) mass is 692 g/mol. The zero-order valence-corrected chi connectivity index (χ0v) is 29.6. The van der Waals surface area contributed by atoms with Gasteiger partial charge < -0.3 is 38.6 Å². The molecule has 0 amide bonds. The number of phenolic OH excluding ortho intramolecular Hbond substituents is 2. The first-order chi connectivity index (χ1) is 23.6. The third kappa shape index (κ3) is 2.86. The van der Waals surface area contributed by atoms with Gasteiger partial charge in [0.1, 0.15) is 55.6 Å². The number of hydrogen-bond acceptors (Lipinski definition) is 12. The van der Waals surface area contributed by atoms with Gasteiger partial charge in [0.25, 0.3) is 0 Å². The molecule has 0 aromatic heterocycles. The Kier molecular flexibility index (Phi) is 7.01. The number of ether oxygens (including phenoxy) is 6. The van der Waals surface area contributed by atoms with Gasteiger partial charge in [-0.05, 0) is 90.8 Å². The number of phenols is 2. The van der Waals surface area contributed by atoms with Gasteiger partial charge in [-0.2, -0.15) is 0 Å². The highest BCUT2D eigenvalue weighted by Gasteiger charge is 3.16. The van der Waals surface area contributed by atoms with Crippen molar-refractivity contribution in [3.63, 3.8) is 0 Å². The Morgan fingerprint density at radius 2 is 0.720 bits per heavy atom. The van der Waals surface area contributed by atoms with E-state index in [0.29, 0.717) is 11.1 Å². The standard InChI is InChI=1S/C38H44O12/c1-9-45-27(41)35-25(21-13-17-23(39)18-14-21)36(28(42)46-10-2)33(7)38(30(44)48-12-4)26(22-15-19-24(40)20-16-22)37(29(43)47-11-3,31(35,5)49-33)32(35,6)50-34(36,38)8/h13-20,25-26,39-40H,9-12H2,1-8H3. The highest BCUT2D eigenvalue weighted by atomic mass is 16.6. The van der Waals surface area contributed by atoms with Crippen LogP contribution < -0.4 is 0 Å². The van der Waals surface area contributed by atoms with Crippen molar-refractivity contribution >= 4 is 23.9 Å². The first-order valence-electron chi connectivity index (χ1n) is 17.3. The van der Waals surface area contributed by atoms with Crippen molar-refractivity contribution in [3.05, 3.63) is 59.7 Å². The predicted octanol–water partition coefficient (Wildman–Crippen LogP) is 4.30. The molecule has 0 spiro atoms. The Morgan fingerprint density at radius 1 is 0.500 bits per heavy atom. The first kappa shape index (κ1) is 34.3. The lowest BCUT2D eigenvalue weighted by Gasteiger charge is -2.99. The summed E-state index contributed by atoms with van der Waals surface area (Å²) < 4.78 is 38.2. The van der Waals surface area contributed by atoms with E-state index in [-0.39, 0.29) is 37.9 Å². The fourth-order valence-electron chi connectivity index (χ4n) is 12.6. The predicted molar refractivity (Wildman–Crippen MR) is 174 cm³/mol. The van der Waals surface area contributed by atoms with E-state index < -0.39 is 79.8 Å². The van der Waals surface area contributed by atoms with E-state index in [1.54, 1.807) is 79.7 Å². The van der Waals surface area contributed by atoms with Crippen LogP contribution in [0.25, 0.3) is 0 Å². The quantitative estimate of drug-likeness (QED) is 0.269. The van der Waals surface area contributed by atoms with Gasteiger partial charge in [-0.1, -0.05) is 24.3 Å². The molecule has 4 saturated heterocycles. The number of rotatable bonds is 10. The summed E-state index contributed by atoms with van der Waals surface area (Å²) in [4.78, 5) is 60.5. The molecule has 50 heavy (non-hydrogen) atoms. The molecule has 2 aromatic carbocycles. The normalized spacial score (nSPS) is 42.5. The van der Waals surface area contributed by atoms with Crippen molar-refractivity contribution < 1.29 is 57.8 Å². The molecule has 12 heteroatoms. The summed E-state index contributed by atoms with van der Waals surface area (Å²) in [5.41, 5.74) is -14.3. The number of esters is 4. The van der Waals surface area contributed by atoms with Crippen molar-refractivity contribution in [2.75, 3.05) is 26.4 Å². The lowest BCUT2D eigenvalue weighted by atomic mass is 9.09. The maximum atomic E-state index is 15.1. The van der Waals surface area contributed by atoms with Gasteiger partial charge in [0.05, 0.1) is 26.4 Å². The van der Waals surface area contributed by atoms with Crippen LogP contribution in [-0.2, 0) is 47.6 Å². The van der Waals surface area contributed by atoms with Crippen LogP contribution in [0.2, 0.25) is 0 Å². The molecule has 2 N–H and O–H groups in total. The molecule has 268 valence electrons. The van der Waals surface area contributed by atoms with E-state index in [1.165, 1.54) is 24.3 Å². The third-order valence-electron chi connectivity index (χ3n) is 13.4. The van der Waals surface area contributed by atoms with Crippen molar-refractivity contribution in [3.8, 4) is 11.5 Å². The molecular formula is C38H44O12. The Bertz CT molecular complexity index is 1560. The molecule has 12 nitrogen and oxygen atoms in total. The molecular weight excluding hydrogens is 648 g/mol. The van der Waals surface area contributed by atoms with E-state index in [9.17, 15) is 10.2 Å². The van der Waals surface area contributed by atoms with Crippen molar-refractivity contribution in [2.24, 2.45) is 21.7 Å². The van der Waals surface area contributed by atoms with Crippen molar-refractivity contribution in [2.45, 2.75) is 89.6 Å². The average Bonchev–Trinajstić information content (AvgIpc) is 3.04. The second-order valence-electron chi connectivity index (χ2n) is 14.5. The lowest BCUT2D eigenvalue weighted by molar-refractivity contribution is -0.625. The summed E-state index contributed by atoms with van der Waals surface area (Å²) >= 11 is 0. The molecule has 8 bridgehead atoms. The molecule has 6 fully saturated rings. The molecule has 0 unspecified atom stereocenters. The summed E-state index contributed by atoms with van der Waals surface area (Å²) in [7, 11) is 0. The highest BCUT2D eigenvalue weighted by Crippen LogP contribution is 3.02. The van der Waals surface area contributed by atoms with Gasteiger partial charge >= 0.3 is 23.9 Å².